The fraction of sp³-hybridized carbons (Fsp3) is 0.167. The molecule has 2 amide bonds. The Morgan fingerprint density at radius 3 is 2.09 bits per heavy atom. The van der Waals surface area contributed by atoms with Gasteiger partial charge in [0.05, 0.1) is 12.0 Å². The zero-order chi connectivity index (χ0) is 24.2. The number of rotatable bonds is 7. The van der Waals surface area contributed by atoms with Crippen molar-refractivity contribution in [2.75, 3.05) is 22.5 Å². The topological polar surface area (TPSA) is 114 Å². The minimum Gasteiger partial charge on any atom is -0.497 e. The van der Waals surface area contributed by atoms with Crippen molar-refractivity contribution in [3.8, 4) is 5.75 Å². The lowest BCUT2D eigenvalue weighted by Gasteiger charge is -2.13. The molecule has 0 aliphatic heterocycles. The summed E-state index contributed by atoms with van der Waals surface area (Å²) in [6, 6.07) is 15.9. The fourth-order valence-electron chi connectivity index (χ4n) is 3.11. The van der Waals surface area contributed by atoms with Crippen LogP contribution in [0.3, 0.4) is 0 Å². The van der Waals surface area contributed by atoms with Gasteiger partial charge < -0.3 is 15.4 Å². The number of benzene rings is 3. The minimum atomic E-state index is -3.92. The first-order chi connectivity index (χ1) is 15.6. The molecule has 33 heavy (non-hydrogen) atoms. The van der Waals surface area contributed by atoms with E-state index < -0.39 is 15.9 Å². The summed E-state index contributed by atoms with van der Waals surface area (Å²) in [5.41, 5.74) is 3.10. The quantitative estimate of drug-likeness (QED) is 0.479. The molecule has 3 aromatic rings. The molecule has 0 aliphatic carbocycles. The normalized spacial score (nSPS) is 10.9. The second-order valence-corrected chi connectivity index (χ2v) is 9.16. The van der Waals surface area contributed by atoms with E-state index >= 15 is 0 Å². The summed E-state index contributed by atoms with van der Waals surface area (Å²) in [5.74, 6) is -0.0867. The maximum absolute atomic E-state index is 12.9. The molecule has 0 aliphatic rings. The predicted molar refractivity (Wildman–Crippen MR) is 128 cm³/mol. The lowest BCUT2D eigenvalue weighted by Crippen LogP contribution is -2.17. The van der Waals surface area contributed by atoms with Crippen LogP contribution in [0.2, 0.25) is 0 Å². The van der Waals surface area contributed by atoms with Crippen LogP contribution in [-0.2, 0) is 14.8 Å². The summed E-state index contributed by atoms with van der Waals surface area (Å²) in [6.45, 7) is 4.96. The van der Waals surface area contributed by atoms with Crippen LogP contribution in [0, 0.1) is 13.8 Å². The predicted octanol–water partition coefficient (Wildman–Crippen LogP) is 4.32. The van der Waals surface area contributed by atoms with Gasteiger partial charge in [0, 0.05) is 29.5 Å². The van der Waals surface area contributed by atoms with Crippen LogP contribution < -0.4 is 20.1 Å². The Labute approximate surface area is 193 Å². The van der Waals surface area contributed by atoms with Gasteiger partial charge in [0.2, 0.25) is 5.91 Å². The SMILES string of the molecule is COc1ccc(NS(=O)(=O)c2ccc(C)c(C(=O)Nc3ccc(C)c(NC(C)=O)c3)c2)cc1. The van der Waals surface area contributed by atoms with Gasteiger partial charge in [-0.2, -0.15) is 0 Å². The fourth-order valence-corrected chi connectivity index (χ4v) is 4.19. The van der Waals surface area contributed by atoms with Crippen molar-refractivity contribution >= 4 is 38.9 Å². The van der Waals surface area contributed by atoms with Crippen molar-refractivity contribution in [2.24, 2.45) is 0 Å². The third kappa shape index (κ3) is 5.89. The molecule has 9 heteroatoms. The zero-order valence-corrected chi connectivity index (χ0v) is 19.5. The van der Waals surface area contributed by atoms with E-state index in [9.17, 15) is 18.0 Å². The van der Waals surface area contributed by atoms with E-state index in [1.807, 2.05) is 6.92 Å². The molecule has 8 nitrogen and oxygen atoms in total. The molecular weight excluding hydrogens is 442 g/mol. The second-order valence-electron chi connectivity index (χ2n) is 7.48. The van der Waals surface area contributed by atoms with Gasteiger partial charge in [0.25, 0.3) is 15.9 Å². The number of aryl methyl sites for hydroxylation is 2. The highest BCUT2D eigenvalue weighted by atomic mass is 32.2. The molecule has 3 aromatic carbocycles. The summed E-state index contributed by atoms with van der Waals surface area (Å²) in [4.78, 5) is 24.3. The highest BCUT2D eigenvalue weighted by Gasteiger charge is 2.19. The molecule has 0 aromatic heterocycles. The molecule has 0 saturated carbocycles. The average molecular weight is 468 g/mol. The number of ether oxygens (including phenoxy) is 1. The first-order valence-corrected chi connectivity index (χ1v) is 11.5. The van der Waals surface area contributed by atoms with Crippen LogP contribution in [-0.4, -0.2) is 27.3 Å². The highest BCUT2D eigenvalue weighted by molar-refractivity contribution is 7.92. The van der Waals surface area contributed by atoms with Crippen molar-refractivity contribution in [2.45, 2.75) is 25.7 Å². The molecule has 3 rings (SSSR count). The van der Waals surface area contributed by atoms with Gasteiger partial charge in [0.1, 0.15) is 5.75 Å². The molecule has 172 valence electrons. The number of methoxy groups -OCH3 is 1. The van der Waals surface area contributed by atoms with E-state index in [-0.39, 0.29) is 16.4 Å². The Balaban J connectivity index is 1.84. The summed E-state index contributed by atoms with van der Waals surface area (Å²) >= 11 is 0. The maximum Gasteiger partial charge on any atom is 0.261 e. The van der Waals surface area contributed by atoms with Gasteiger partial charge in [-0.15, -0.1) is 0 Å². The number of carbonyl (C=O) groups is 2. The molecule has 0 heterocycles. The van der Waals surface area contributed by atoms with Crippen molar-refractivity contribution in [1.82, 2.24) is 0 Å². The van der Waals surface area contributed by atoms with Crippen molar-refractivity contribution < 1.29 is 22.7 Å². The largest absolute Gasteiger partial charge is 0.497 e. The van der Waals surface area contributed by atoms with E-state index in [4.69, 9.17) is 4.74 Å². The third-order valence-electron chi connectivity index (χ3n) is 4.91. The van der Waals surface area contributed by atoms with Crippen LogP contribution in [0.4, 0.5) is 17.1 Å². The Hall–Kier alpha value is -3.85. The van der Waals surface area contributed by atoms with Gasteiger partial charge in [-0.25, -0.2) is 8.42 Å². The number of sulfonamides is 1. The Morgan fingerprint density at radius 1 is 0.818 bits per heavy atom. The lowest BCUT2D eigenvalue weighted by molar-refractivity contribution is -0.114. The van der Waals surface area contributed by atoms with E-state index in [1.165, 1.54) is 26.2 Å². The van der Waals surface area contributed by atoms with Crippen LogP contribution in [0.25, 0.3) is 0 Å². The Bertz CT molecular complexity index is 1300. The number of carbonyl (C=O) groups excluding carboxylic acids is 2. The van der Waals surface area contributed by atoms with Crippen LogP contribution in [0.1, 0.15) is 28.4 Å². The minimum absolute atomic E-state index is 0.0445. The van der Waals surface area contributed by atoms with Crippen LogP contribution in [0.5, 0.6) is 5.75 Å². The molecule has 0 bridgehead atoms. The summed E-state index contributed by atoms with van der Waals surface area (Å²) in [7, 11) is -2.40. The second kappa shape index (κ2) is 9.74. The molecule has 0 spiro atoms. The van der Waals surface area contributed by atoms with Gasteiger partial charge in [-0.3, -0.25) is 14.3 Å². The molecule has 0 radical (unpaired) electrons. The van der Waals surface area contributed by atoms with Crippen molar-refractivity contribution in [1.29, 1.82) is 0 Å². The number of hydrogen-bond donors (Lipinski definition) is 3. The highest BCUT2D eigenvalue weighted by Crippen LogP contribution is 2.24. The lowest BCUT2D eigenvalue weighted by atomic mass is 10.1. The Morgan fingerprint density at radius 2 is 1.45 bits per heavy atom. The number of amides is 2. The van der Waals surface area contributed by atoms with Crippen molar-refractivity contribution in [3.63, 3.8) is 0 Å². The molecule has 0 atom stereocenters. The zero-order valence-electron chi connectivity index (χ0n) is 18.7. The van der Waals surface area contributed by atoms with E-state index in [2.05, 4.69) is 15.4 Å². The number of anilines is 3. The number of hydrogen-bond acceptors (Lipinski definition) is 5. The molecule has 0 unspecified atom stereocenters. The summed E-state index contributed by atoms with van der Waals surface area (Å²) in [5, 5.41) is 5.47. The molecular formula is C24H25N3O5S. The third-order valence-corrected chi connectivity index (χ3v) is 6.29. The monoisotopic (exact) mass is 467 g/mol. The van der Waals surface area contributed by atoms with Gasteiger partial charge in [-0.05, 0) is 73.5 Å². The summed E-state index contributed by atoms with van der Waals surface area (Å²) in [6.07, 6.45) is 0. The first kappa shape index (κ1) is 23.8. The van der Waals surface area contributed by atoms with Crippen molar-refractivity contribution in [3.05, 3.63) is 77.4 Å². The smallest absolute Gasteiger partial charge is 0.261 e. The molecule has 3 N–H and O–H groups in total. The van der Waals surface area contributed by atoms with Crippen LogP contribution >= 0.6 is 0 Å². The van der Waals surface area contributed by atoms with Gasteiger partial charge in [-0.1, -0.05) is 12.1 Å². The standard InChI is InChI=1S/C24H25N3O5S/c1-15-6-12-21(33(30,31)27-18-8-10-20(32-4)11-9-18)14-22(15)24(29)26-19-7-5-16(2)23(13-19)25-17(3)28/h5-14,27H,1-4H3,(H,25,28)(H,26,29). The van der Waals surface area contributed by atoms with Crippen LogP contribution in [0.15, 0.2) is 65.6 Å². The Kier molecular flexibility index (Phi) is 7.03. The first-order valence-electron chi connectivity index (χ1n) is 10.1. The maximum atomic E-state index is 12.9. The van der Waals surface area contributed by atoms with E-state index in [1.54, 1.807) is 55.5 Å². The molecule has 0 saturated heterocycles. The van der Waals surface area contributed by atoms with E-state index in [0.717, 1.165) is 5.56 Å². The average Bonchev–Trinajstić information content (AvgIpc) is 2.76. The van der Waals surface area contributed by atoms with E-state index in [0.29, 0.717) is 28.4 Å². The van der Waals surface area contributed by atoms with Gasteiger partial charge in [0.15, 0.2) is 0 Å². The number of nitrogens with one attached hydrogen (secondary N) is 3. The summed E-state index contributed by atoms with van der Waals surface area (Å²) < 4.78 is 33.3. The van der Waals surface area contributed by atoms with Gasteiger partial charge >= 0.3 is 0 Å². The molecule has 0 fully saturated rings.